The maximum atomic E-state index is 11.0. The van der Waals surface area contributed by atoms with Crippen molar-refractivity contribution in [2.45, 2.75) is 22.7 Å². The van der Waals surface area contributed by atoms with Gasteiger partial charge in [0.25, 0.3) is 5.69 Å². The molecule has 4 fully saturated rings. The van der Waals surface area contributed by atoms with E-state index in [0.717, 1.165) is 11.3 Å². The van der Waals surface area contributed by atoms with Gasteiger partial charge in [-0.05, 0) is 36.2 Å². The van der Waals surface area contributed by atoms with Crippen molar-refractivity contribution in [1.29, 1.82) is 0 Å². The molecule has 1 aromatic carbocycles. The molecular formula is C13H13NO3S. The zero-order valence-corrected chi connectivity index (χ0v) is 10.4. The molecule has 4 aliphatic carbocycles. The normalized spacial score (nSPS) is 43.2. The van der Waals surface area contributed by atoms with Gasteiger partial charge >= 0.3 is 0 Å². The SMILES string of the molecule is O=[N+]([O-])c1ccccc1S[C@@H]1C2C3[C@H]2C[C@H]1[C@H]3O. The number of thioether (sulfide) groups is 1. The minimum atomic E-state index is -0.317. The van der Waals surface area contributed by atoms with Gasteiger partial charge in [-0.1, -0.05) is 12.1 Å². The summed E-state index contributed by atoms with van der Waals surface area (Å²) in [5, 5.41) is 21.4. The molecule has 1 N–H and O–H groups in total. The first-order valence-electron chi connectivity index (χ1n) is 6.26. The van der Waals surface area contributed by atoms with Gasteiger partial charge in [0.15, 0.2) is 0 Å². The molecule has 18 heavy (non-hydrogen) atoms. The van der Waals surface area contributed by atoms with Crippen molar-refractivity contribution >= 4 is 17.4 Å². The Labute approximate surface area is 109 Å². The second-order valence-electron chi connectivity index (χ2n) is 5.52. The van der Waals surface area contributed by atoms with Crippen molar-refractivity contribution in [3.05, 3.63) is 34.4 Å². The highest BCUT2D eigenvalue weighted by atomic mass is 32.2. The number of benzene rings is 1. The molecule has 0 spiro atoms. The van der Waals surface area contributed by atoms with Crippen LogP contribution in [0.4, 0.5) is 5.69 Å². The van der Waals surface area contributed by atoms with Crippen molar-refractivity contribution in [1.82, 2.24) is 0 Å². The van der Waals surface area contributed by atoms with Crippen LogP contribution < -0.4 is 0 Å². The summed E-state index contributed by atoms with van der Waals surface area (Å²) >= 11 is 1.61. The highest BCUT2D eigenvalue weighted by molar-refractivity contribution is 8.00. The van der Waals surface area contributed by atoms with Crippen LogP contribution in [0.3, 0.4) is 0 Å². The maximum absolute atomic E-state index is 11.0. The standard InChI is InChI=1S/C13H13NO3S/c15-12-7-5-6-10(12)11(6)13(7)18-9-4-2-1-3-8(9)14(16)17/h1-4,6-7,10-13,15H,5H2/t6-,7+,10?,11?,12-,13+/m1/s1. The van der Waals surface area contributed by atoms with Crippen LogP contribution in [0.15, 0.2) is 29.2 Å². The molecule has 2 unspecified atom stereocenters. The van der Waals surface area contributed by atoms with Crippen molar-refractivity contribution in [3.8, 4) is 0 Å². The average molecular weight is 263 g/mol. The summed E-state index contributed by atoms with van der Waals surface area (Å²) in [6, 6.07) is 6.92. The van der Waals surface area contributed by atoms with Crippen molar-refractivity contribution in [3.63, 3.8) is 0 Å². The van der Waals surface area contributed by atoms with Crippen LogP contribution in [0.1, 0.15) is 6.42 Å². The number of nitro benzene ring substituents is 1. The molecule has 1 aromatic rings. The quantitative estimate of drug-likeness (QED) is 0.671. The number of aliphatic hydroxyl groups excluding tert-OH is 1. The Morgan fingerprint density at radius 1 is 1.28 bits per heavy atom. The van der Waals surface area contributed by atoms with E-state index < -0.39 is 0 Å². The van der Waals surface area contributed by atoms with Crippen LogP contribution in [-0.4, -0.2) is 21.4 Å². The monoisotopic (exact) mass is 263 g/mol. The average Bonchev–Trinajstić information content (AvgIpc) is 2.67. The van der Waals surface area contributed by atoms with Crippen LogP contribution >= 0.6 is 11.8 Å². The van der Waals surface area contributed by atoms with Crippen LogP contribution in [0.2, 0.25) is 0 Å². The molecule has 5 rings (SSSR count). The largest absolute Gasteiger partial charge is 0.392 e. The lowest BCUT2D eigenvalue weighted by atomic mass is 10.1. The van der Waals surface area contributed by atoms with Gasteiger partial charge in [-0.2, -0.15) is 0 Å². The van der Waals surface area contributed by atoms with E-state index in [4.69, 9.17) is 0 Å². The maximum Gasteiger partial charge on any atom is 0.282 e. The number of para-hydroxylation sites is 1. The molecule has 0 heterocycles. The Balaban J connectivity index is 1.62. The van der Waals surface area contributed by atoms with E-state index in [0.29, 0.717) is 28.9 Å². The first-order valence-corrected chi connectivity index (χ1v) is 7.14. The van der Waals surface area contributed by atoms with Crippen molar-refractivity contribution < 1.29 is 10.0 Å². The molecule has 0 radical (unpaired) electrons. The Bertz CT molecular complexity index is 535. The summed E-state index contributed by atoms with van der Waals surface area (Å²) in [6.45, 7) is 0. The highest BCUT2D eigenvalue weighted by Gasteiger charge is 2.73. The lowest BCUT2D eigenvalue weighted by Crippen LogP contribution is -2.17. The van der Waals surface area contributed by atoms with Gasteiger partial charge in [0, 0.05) is 11.3 Å². The first-order chi connectivity index (χ1) is 8.68. The molecule has 4 saturated carbocycles. The summed E-state index contributed by atoms with van der Waals surface area (Å²) in [6.07, 6.45) is 0.967. The van der Waals surface area contributed by atoms with Gasteiger partial charge in [0.2, 0.25) is 0 Å². The lowest BCUT2D eigenvalue weighted by molar-refractivity contribution is -0.387. The molecule has 6 atom stereocenters. The first kappa shape index (κ1) is 10.8. The van der Waals surface area contributed by atoms with Gasteiger partial charge < -0.3 is 5.11 Å². The third kappa shape index (κ3) is 1.26. The van der Waals surface area contributed by atoms with Gasteiger partial charge in [-0.3, -0.25) is 10.1 Å². The predicted octanol–water partition coefficient (Wildman–Crippen LogP) is 2.31. The molecule has 0 aromatic heterocycles. The van der Waals surface area contributed by atoms with Crippen molar-refractivity contribution in [2.24, 2.45) is 23.7 Å². The highest BCUT2D eigenvalue weighted by Crippen LogP contribution is 2.73. The minimum Gasteiger partial charge on any atom is -0.392 e. The van der Waals surface area contributed by atoms with Gasteiger partial charge in [0.05, 0.1) is 15.9 Å². The Kier molecular flexibility index (Phi) is 2.09. The number of nitro groups is 1. The predicted molar refractivity (Wildman–Crippen MR) is 67.3 cm³/mol. The summed E-state index contributed by atoms with van der Waals surface area (Å²) in [4.78, 5) is 11.4. The number of aliphatic hydroxyl groups is 1. The zero-order chi connectivity index (χ0) is 12.4. The second kappa shape index (κ2) is 3.48. The van der Waals surface area contributed by atoms with E-state index >= 15 is 0 Å². The molecular weight excluding hydrogens is 250 g/mol. The van der Waals surface area contributed by atoms with Crippen LogP contribution in [0.25, 0.3) is 0 Å². The number of hydrogen-bond acceptors (Lipinski definition) is 4. The second-order valence-corrected chi connectivity index (χ2v) is 6.74. The Hall–Kier alpha value is -1.07. The van der Waals surface area contributed by atoms with Gasteiger partial charge in [-0.15, -0.1) is 11.8 Å². The molecule has 4 nitrogen and oxygen atoms in total. The molecule has 4 bridgehead atoms. The molecule has 94 valence electrons. The molecule has 0 aliphatic heterocycles. The van der Waals surface area contributed by atoms with Crippen LogP contribution in [0, 0.1) is 33.8 Å². The van der Waals surface area contributed by atoms with E-state index in [1.807, 2.05) is 12.1 Å². The van der Waals surface area contributed by atoms with Crippen LogP contribution in [-0.2, 0) is 0 Å². The fourth-order valence-electron chi connectivity index (χ4n) is 4.06. The van der Waals surface area contributed by atoms with E-state index in [1.165, 1.54) is 0 Å². The fourth-order valence-corrected chi connectivity index (χ4v) is 5.76. The smallest absolute Gasteiger partial charge is 0.282 e. The van der Waals surface area contributed by atoms with Gasteiger partial charge in [0.1, 0.15) is 0 Å². The molecule has 0 amide bonds. The number of nitrogens with zero attached hydrogens (tertiary/aromatic N) is 1. The summed E-state index contributed by atoms with van der Waals surface area (Å²) in [7, 11) is 0. The lowest BCUT2D eigenvalue weighted by Gasteiger charge is -2.16. The molecule has 4 aliphatic rings. The summed E-state index contributed by atoms with van der Waals surface area (Å²) in [5.41, 5.74) is 0.193. The number of rotatable bonds is 3. The van der Waals surface area contributed by atoms with E-state index in [9.17, 15) is 15.2 Å². The summed E-state index contributed by atoms with van der Waals surface area (Å²) < 4.78 is 0. The van der Waals surface area contributed by atoms with E-state index in [2.05, 4.69) is 0 Å². The third-order valence-corrected chi connectivity index (χ3v) is 6.33. The van der Waals surface area contributed by atoms with Crippen molar-refractivity contribution in [2.75, 3.05) is 0 Å². The topological polar surface area (TPSA) is 63.4 Å². The van der Waals surface area contributed by atoms with E-state index in [-0.39, 0.29) is 16.7 Å². The third-order valence-electron chi connectivity index (χ3n) is 4.80. The van der Waals surface area contributed by atoms with Crippen LogP contribution in [0.5, 0.6) is 0 Å². The van der Waals surface area contributed by atoms with Gasteiger partial charge in [-0.25, -0.2) is 0 Å². The Morgan fingerprint density at radius 3 is 2.61 bits per heavy atom. The molecule has 0 saturated heterocycles. The Morgan fingerprint density at radius 2 is 2.06 bits per heavy atom. The summed E-state index contributed by atoms with van der Waals surface area (Å²) in [5.74, 6) is 2.16. The zero-order valence-electron chi connectivity index (χ0n) is 9.60. The minimum absolute atomic E-state index is 0.153. The fraction of sp³-hybridized carbons (Fsp3) is 0.538. The number of hydrogen-bond donors (Lipinski definition) is 1. The van der Waals surface area contributed by atoms with E-state index in [1.54, 1.807) is 23.9 Å². The molecule has 5 heteroatoms.